The lowest BCUT2D eigenvalue weighted by Crippen LogP contribution is -2.51. The number of hydrogen-bond donors (Lipinski definition) is 2. The molecule has 6 heteroatoms. The standard InChI is InChI=1S/C18H21ClN2O2S/c1-18(2,3)15-14(16(22)23-4)13(20-17(24)21-15)10-7-11-5-8-12(19)9-6-11/h5-10,13H,1-4H3,(H2,20,21,24)/b10-7+. The molecule has 0 saturated carbocycles. The number of ether oxygens (including phenoxy) is 1. The largest absolute Gasteiger partial charge is 0.466 e. The Kier molecular flexibility index (Phi) is 5.67. The number of hydrogen-bond acceptors (Lipinski definition) is 3. The monoisotopic (exact) mass is 364 g/mol. The molecule has 1 heterocycles. The molecule has 0 aliphatic carbocycles. The first-order valence-corrected chi connectivity index (χ1v) is 8.35. The van der Waals surface area contributed by atoms with Crippen LogP contribution in [-0.2, 0) is 9.53 Å². The Hall–Kier alpha value is -1.85. The lowest BCUT2D eigenvalue weighted by Gasteiger charge is -2.35. The van der Waals surface area contributed by atoms with E-state index < -0.39 is 0 Å². The molecule has 1 aromatic rings. The van der Waals surface area contributed by atoms with Crippen molar-refractivity contribution in [2.45, 2.75) is 26.8 Å². The van der Waals surface area contributed by atoms with Gasteiger partial charge in [-0.1, -0.05) is 56.7 Å². The van der Waals surface area contributed by atoms with Crippen molar-refractivity contribution in [2.75, 3.05) is 7.11 Å². The molecule has 0 spiro atoms. The summed E-state index contributed by atoms with van der Waals surface area (Å²) in [5, 5.41) is 7.38. The van der Waals surface area contributed by atoms with Crippen LogP contribution in [0.15, 0.2) is 41.6 Å². The summed E-state index contributed by atoms with van der Waals surface area (Å²) in [6, 6.07) is 7.09. The van der Waals surface area contributed by atoms with E-state index in [0.29, 0.717) is 15.7 Å². The molecule has 1 aromatic carbocycles. The molecule has 0 saturated heterocycles. The van der Waals surface area contributed by atoms with E-state index in [9.17, 15) is 4.79 Å². The van der Waals surface area contributed by atoms with Gasteiger partial charge >= 0.3 is 5.97 Å². The van der Waals surface area contributed by atoms with E-state index in [2.05, 4.69) is 10.6 Å². The van der Waals surface area contributed by atoms with Gasteiger partial charge in [0, 0.05) is 16.1 Å². The fourth-order valence-electron chi connectivity index (χ4n) is 2.44. The lowest BCUT2D eigenvalue weighted by atomic mass is 9.85. The van der Waals surface area contributed by atoms with Crippen LogP contribution in [0.1, 0.15) is 26.3 Å². The fourth-order valence-corrected chi connectivity index (χ4v) is 2.80. The second-order valence-corrected chi connectivity index (χ2v) is 7.36. The first-order chi connectivity index (χ1) is 11.2. The average Bonchev–Trinajstić information content (AvgIpc) is 2.52. The highest BCUT2D eigenvalue weighted by Gasteiger charge is 2.34. The van der Waals surface area contributed by atoms with Crippen LogP contribution in [0, 0.1) is 5.41 Å². The summed E-state index contributed by atoms with van der Waals surface area (Å²) in [6.07, 6.45) is 3.82. The molecule has 1 atom stereocenters. The lowest BCUT2D eigenvalue weighted by molar-refractivity contribution is -0.136. The second-order valence-electron chi connectivity index (χ2n) is 6.52. The maximum atomic E-state index is 12.3. The van der Waals surface area contributed by atoms with Gasteiger partial charge in [-0.3, -0.25) is 0 Å². The Morgan fingerprint density at radius 3 is 2.46 bits per heavy atom. The molecule has 1 aliphatic rings. The number of benzene rings is 1. The Morgan fingerprint density at radius 2 is 1.92 bits per heavy atom. The van der Waals surface area contributed by atoms with Crippen LogP contribution in [0.2, 0.25) is 5.02 Å². The van der Waals surface area contributed by atoms with Crippen LogP contribution in [0.5, 0.6) is 0 Å². The number of nitrogens with one attached hydrogen (secondary N) is 2. The van der Waals surface area contributed by atoms with E-state index in [-0.39, 0.29) is 17.4 Å². The highest BCUT2D eigenvalue weighted by atomic mass is 35.5. The minimum Gasteiger partial charge on any atom is -0.466 e. The predicted molar refractivity (Wildman–Crippen MR) is 102 cm³/mol. The van der Waals surface area contributed by atoms with Crippen LogP contribution >= 0.6 is 23.8 Å². The number of methoxy groups -OCH3 is 1. The van der Waals surface area contributed by atoms with Crippen LogP contribution in [0.25, 0.3) is 6.08 Å². The van der Waals surface area contributed by atoms with E-state index in [1.165, 1.54) is 7.11 Å². The highest BCUT2D eigenvalue weighted by Crippen LogP contribution is 2.30. The van der Waals surface area contributed by atoms with Crippen LogP contribution in [0.4, 0.5) is 0 Å². The summed E-state index contributed by atoms with van der Waals surface area (Å²) in [4.78, 5) is 12.3. The van der Waals surface area contributed by atoms with E-state index in [0.717, 1.165) is 11.3 Å². The number of thiocarbonyl (C=S) groups is 1. The van der Waals surface area contributed by atoms with Gasteiger partial charge in [0.2, 0.25) is 0 Å². The first-order valence-electron chi connectivity index (χ1n) is 7.56. The van der Waals surface area contributed by atoms with E-state index in [1.807, 2.05) is 57.2 Å². The van der Waals surface area contributed by atoms with Crippen molar-refractivity contribution in [3.05, 3.63) is 52.2 Å². The Bertz CT molecular complexity index is 703. The van der Waals surface area contributed by atoms with E-state index in [1.54, 1.807) is 0 Å². The van der Waals surface area contributed by atoms with Crippen LogP contribution in [0.3, 0.4) is 0 Å². The zero-order chi connectivity index (χ0) is 17.9. The van der Waals surface area contributed by atoms with Crippen molar-refractivity contribution < 1.29 is 9.53 Å². The van der Waals surface area contributed by atoms with Crippen LogP contribution < -0.4 is 10.6 Å². The van der Waals surface area contributed by atoms with Gasteiger partial charge < -0.3 is 15.4 Å². The van der Waals surface area contributed by atoms with Gasteiger partial charge in [-0.05, 0) is 29.9 Å². The Balaban J connectivity index is 2.43. The Morgan fingerprint density at radius 1 is 1.29 bits per heavy atom. The molecule has 0 fully saturated rings. The Labute approximate surface area is 152 Å². The normalized spacial score (nSPS) is 18.4. The molecule has 1 unspecified atom stereocenters. The smallest absolute Gasteiger partial charge is 0.337 e. The number of carbonyl (C=O) groups excluding carboxylic acids is 1. The summed E-state index contributed by atoms with van der Waals surface area (Å²) in [6.45, 7) is 6.06. The molecule has 1 aliphatic heterocycles. The van der Waals surface area contributed by atoms with Gasteiger partial charge in [0.15, 0.2) is 5.11 Å². The van der Waals surface area contributed by atoms with Gasteiger partial charge in [0.05, 0.1) is 18.7 Å². The molecule has 0 bridgehead atoms. The number of esters is 1. The molecule has 24 heavy (non-hydrogen) atoms. The summed E-state index contributed by atoms with van der Waals surface area (Å²) in [5.41, 5.74) is 2.00. The summed E-state index contributed by atoms with van der Waals surface area (Å²) >= 11 is 11.2. The van der Waals surface area contributed by atoms with Gasteiger partial charge in [0.1, 0.15) is 0 Å². The highest BCUT2D eigenvalue weighted by molar-refractivity contribution is 7.80. The van der Waals surface area contributed by atoms with Crippen molar-refractivity contribution in [1.82, 2.24) is 10.6 Å². The topological polar surface area (TPSA) is 50.4 Å². The number of rotatable bonds is 3. The van der Waals surface area contributed by atoms with E-state index in [4.69, 9.17) is 28.6 Å². The summed E-state index contributed by atoms with van der Waals surface area (Å²) in [5.74, 6) is -0.381. The molecular formula is C18H21ClN2O2S. The van der Waals surface area contributed by atoms with Gasteiger partial charge in [-0.25, -0.2) is 4.79 Å². The third-order valence-electron chi connectivity index (χ3n) is 3.61. The SMILES string of the molecule is COC(=O)C1=C(C(C)(C)C)NC(=S)NC1/C=C/c1ccc(Cl)cc1. The second kappa shape index (κ2) is 7.36. The van der Waals surface area contributed by atoms with Crippen molar-refractivity contribution >= 4 is 41.0 Å². The molecule has 128 valence electrons. The molecular weight excluding hydrogens is 344 g/mol. The minimum atomic E-state index is -0.381. The van der Waals surface area contributed by atoms with Crippen LogP contribution in [-0.4, -0.2) is 24.2 Å². The van der Waals surface area contributed by atoms with Gasteiger partial charge in [-0.2, -0.15) is 0 Å². The average molecular weight is 365 g/mol. The maximum absolute atomic E-state index is 12.3. The fraction of sp³-hybridized carbons (Fsp3) is 0.333. The molecule has 4 nitrogen and oxygen atoms in total. The van der Waals surface area contributed by atoms with Crippen molar-refractivity contribution in [3.63, 3.8) is 0 Å². The molecule has 2 rings (SSSR count). The zero-order valence-corrected chi connectivity index (χ0v) is 15.7. The maximum Gasteiger partial charge on any atom is 0.337 e. The quantitative estimate of drug-likeness (QED) is 0.633. The third-order valence-corrected chi connectivity index (χ3v) is 4.08. The molecule has 0 amide bonds. The summed E-state index contributed by atoms with van der Waals surface area (Å²) in [7, 11) is 1.38. The third kappa shape index (κ3) is 4.36. The zero-order valence-electron chi connectivity index (χ0n) is 14.1. The summed E-state index contributed by atoms with van der Waals surface area (Å²) < 4.78 is 4.98. The van der Waals surface area contributed by atoms with E-state index >= 15 is 0 Å². The van der Waals surface area contributed by atoms with Gasteiger partial charge in [-0.15, -0.1) is 0 Å². The molecule has 0 radical (unpaired) electrons. The molecule has 2 N–H and O–H groups in total. The van der Waals surface area contributed by atoms with Crippen molar-refractivity contribution in [3.8, 4) is 0 Å². The first kappa shape index (κ1) is 18.5. The number of allylic oxidation sites excluding steroid dienone is 1. The van der Waals surface area contributed by atoms with Gasteiger partial charge in [0.25, 0.3) is 0 Å². The van der Waals surface area contributed by atoms with Crippen molar-refractivity contribution in [2.24, 2.45) is 5.41 Å². The van der Waals surface area contributed by atoms with Crippen molar-refractivity contribution in [1.29, 1.82) is 0 Å². The number of halogens is 1. The predicted octanol–water partition coefficient (Wildman–Crippen LogP) is 3.67. The minimum absolute atomic E-state index is 0.276. The molecule has 0 aromatic heterocycles. The number of carbonyl (C=O) groups is 1.